The van der Waals surface area contributed by atoms with Crippen molar-refractivity contribution in [1.29, 1.82) is 0 Å². The molecule has 0 radical (unpaired) electrons. The third-order valence-corrected chi connectivity index (χ3v) is 2.44. The molecule has 0 atom stereocenters. The van der Waals surface area contributed by atoms with Gasteiger partial charge in [-0.25, -0.2) is 4.39 Å². The lowest BCUT2D eigenvalue weighted by Crippen LogP contribution is -2.04. The number of nitrogens with zero attached hydrogens (tertiary/aromatic N) is 1. The van der Waals surface area contributed by atoms with E-state index in [9.17, 15) is 4.39 Å². The van der Waals surface area contributed by atoms with Crippen LogP contribution in [0.15, 0.2) is 30.5 Å². The summed E-state index contributed by atoms with van der Waals surface area (Å²) in [6.45, 7) is 4.11. The average molecular weight is 207 g/mol. The van der Waals surface area contributed by atoms with Crippen LogP contribution in [0.4, 0.5) is 4.39 Å². The van der Waals surface area contributed by atoms with Crippen molar-refractivity contribution >= 4 is 10.9 Å². The molecule has 0 amide bonds. The highest BCUT2D eigenvalue weighted by Crippen LogP contribution is 2.18. The van der Waals surface area contributed by atoms with Gasteiger partial charge in [-0.05, 0) is 25.1 Å². The second-order valence-corrected chi connectivity index (χ2v) is 3.38. The number of halogens is 1. The van der Waals surface area contributed by atoms with E-state index in [1.165, 1.54) is 6.07 Å². The molecule has 0 saturated carbocycles. The van der Waals surface area contributed by atoms with E-state index in [0.717, 1.165) is 12.1 Å². The summed E-state index contributed by atoms with van der Waals surface area (Å²) in [6, 6.07) is 6.94. The standard InChI is InChI=1S/C12H14FNO/c1-2-15-9-8-14-7-6-10-11(13)4-3-5-12(10)14/h3-7H,2,8-9H2,1H3. The van der Waals surface area contributed by atoms with Gasteiger partial charge in [-0.2, -0.15) is 0 Å². The van der Waals surface area contributed by atoms with Crippen LogP contribution in [0.1, 0.15) is 6.92 Å². The summed E-state index contributed by atoms with van der Waals surface area (Å²) in [5.74, 6) is -0.164. The fourth-order valence-electron chi connectivity index (χ4n) is 1.69. The molecule has 1 aromatic heterocycles. The lowest BCUT2D eigenvalue weighted by molar-refractivity contribution is 0.140. The summed E-state index contributed by atoms with van der Waals surface area (Å²) < 4.78 is 20.6. The highest BCUT2D eigenvalue weighted by Gasteiger charge is 2.04. The highest BCUT2D eigenvalue weighted by molar-refractivity contribution is 5.80. The first-order valence-electron chi connectivity index (χ1n) is 5.14. The van der Waals surface area contributed by atoms with Gasteiger partial charge in [-0.3, -0.25) is 0 Å². The van der Waals surface area contributed by atoms with Gasteiger partial charge in [0.05, 0.1) is 12.1 Å². The van der Waals surface area contributed by atoms with Crippen LogP contribution in [0.25, 0.3) is 10.9 Å². The third kappa shape index (κ3) is 2.02. The predicted molar refractivity (Wildman–Crippen MR) is 58.4 cm³/mol. The molecule has 0 aliphatic carbocycles. The number of ether oxygens (including phenoxy) is 1. The molecule has 1 heterocycles. The van der Waals surface area contributed by atoms with Crippen molar-refractivity contribution < 1.29 is 9.13 Å². The predicted octanol–water partition coefficient (Wildman–Crippen LogP) is 2.82. The zero-order chi connectivity index (χ0) is 10.7. The number of aromatic nitrogens is 1. The molecular weight excluding hydrogens is 193 g/mol. The van der Waals surface area contributed by atoms with Gasteiger partial charge < -0.3 is 9.30 Å². The molecule has 15 heavy (non-hydrogen) atoms. The Morgan fingerprint density at radius 2 is 2.20 bits per heavy atom. The number of hydrogen-bond donors (Lipinski definition) is 0. The Kier molecular flexibility index (Phi) is 3.02. The third-order valence-electron chi connectivity index (χ3n) is 2.44. The van der Waals surface area contributed by atoms with Gasteiger partial charge in [0.25, 0.3) is 0 Å². The van der Waals surface area contributed by atoms with Crippen molar-refractivity contribution in [2.24, 2.45) is 0 Å². The first-order valence-corrected chi connectivity index (χ1v) is 5.14. The molecule has 0 fully saturated rings. The maximum absolute atomic E-state index is 13.3. The lowest BCUT2D eigenvalue weighted by Gasteiger charge is -2.05. The minimum atomic E-state index is -0.164. The smallest absolute Gasteiger partial charge is 0.132 e. The number of benzene rings is 1. The van der Waals surface area contributed by atoms with Crippen LogP contribution in [0.2, 0.25) is 0 Å². The molecule has 3 heteroatoms. The van der Waals surface area contributed by atoms with Crippen LogP contribution in [0.3, 0.4) is 0 Å². The Bertz CT molecular complexity index is 450. The number of rotatable bonds is 4. The average Bonchev–Trinajstić information content (AvgIpc) is 2.64. The lowest BCUT2D eigenvalue weighted by atomic mass is 10.2. The molecule has 0 spiro atoms. The fraction of sp³-hybridized carbons (Fsp3) is 0.333. The minimum absolute atomic E-state index is 0.164. The van der Waals surface area contributed by atoms with Crippen molar-refractivity contribution in [3.8, 4) is 0 Å². The van der Waals surface area contributed by atoms with Crippen molar-refractivity contribution in [1.82, 2.24) is 4.57 Å². The molecule has 0 bridgehead atoms. The molecular formula is C12H14FNO. The Labute approximate surface area is 88.3 Å². The van der Waals surface area contributed by atoms with Gasteiger partial charge in [0.15, 0.2) is 0 Å². The minimum Gasteiger partial charge on any atom is -0.380 e. The van der Waals surface area contributed by atoms with E-state index in [-0.39, 0.29) is 5.82 Å². The van der Waals surface area contributed by atoms with E-state index in [2.05, 4.69) is 0 Å². The van der Waals surface area contributed by atoms with Crippen LogP contribution in [-0.4, -0.2) is 17.8 Å². The molecule has 2 rings (SSSR count). The molecule has 2 nitrogen and oxygen atoms in total. The van der Waals surface area contributed by atoms with Crippen molar-refractivity contribution in [3.63, 3.8) is 0 Å². The van der Waals surface area contributed by atoms with E-state index in [4.69, 9.17) is 4.74 Å². The molecule has 0 saturated heterocycles. The second kappa shape index (κ2) is 4.45. The molecule has 1 aromatic carbocycles. The topological polar surface area (TPSA) is 14.2 Å². The Balaban J connectivity index is 2.25. The highest BCUT2D eigenvalue weighted by atomic mass is 19.1. The van der Waals surface area contributed by atoms with Crippen LogP contribution in [0.5, 0.6) is 0 Å². The van der Waals surface area contributed by atoms with Crippen molar-refractivity contribution in [3.05, 3.63) is 36.3 Å². The second-order valence-electron chi connectivity index (χ2n) is 3.38. The summed E-state index contributed by atoms with van der Waals surface area (Å²) in [4.78, 5) is 0. The van der Waals surface area contributed by atoms with E-state index in [1.54, 1.807) is 12.1 Å². The van der Waals surface area contributed by atoms with Gasteiger partial charge in [0, 0.05) is 24.7 Å². The zero-order valence-electron chi connectivity index (χ0n) is 8.74. The Hall–Kier alpha value is -1.35. The molecule has 2 aromatic rings. The fourth-order valence-corrected chi connectivity index (χ4v) is 1.69. The van der Waals surface area contributed by atoms with Gasteiger partial charge in [0.1, 0.15) is 5.82 Å². The summed E-state index contributed by atoms with van der Waals surface area (Å²) in [6.07, 6.45) is 1.90. The summed E-state index contributed by atoms with van der Waals surface area (Å²) in [5.41, 5.74) is 0.926. The number of hydrogen-bond acceptors (Lipinski definition) is 1. The van der Waals surface area contributed by atoms with Crippen LogP contribution in [-0.2, 0) is 11.3 Å². The maximum atomic E-state index is 13.3. The Morgan fingerprint density at radius 3 is 3.00 bits per heavy atom. The molecule has 0 N–H and O–H groups in total. The van der Waals surface area contributed by atoms with E-state index >= 15 is 0 Å². The maximum Gasteiger partial charge on any atom is 0.132 e. The van der Waals surface area contributed by atoms with Gasteiger partial charge in [-0.1, -0.05) is 6.07 Å². The first kappa shape index (κ1) is 10.2. The molecule has 0 unspecified atom stereocenters. The quantitative estimate of drug-likeness (QED) is 0.703. The largest absolute Gasteiger partial charge is 0.380 e. The summed E-state index contributed by atoms with van der Waals surface area (Å²) in [7, 11) is 0. The van der Waals surface area contributed by atoms with Crippen LogP contribution in [0, 0.1) is 5.82 Å². The molecule has 80 valence electrons. The van der Waals surface area contributed by atoms with Crippen LogP contribution < -0.4 is 0 Å². The normalized spacial score (nSPS) is 11.1. The van der Waals surface area contributed by atoms with Crippen LogP contribution >= 0.6 is 0 Å². The van der Waals surface area contributed by atoms with Gasteiger partial charge in [0.2, 0.25) is 0 Å². The molecule has 0 aliphatic heterocycles. The van der Waals surface area contributed by atoms with Gasteiger partial charge >= 0.3 is 0 Å². The van der Waals surface area contributed by atoms with E-state index in [1.807, 2.05) is 23.8 Å². The SMILES string of the molecule is CCOCCn1ccc2c(F)cccc21. The summed E-state index contributed by atoms with van der Waals surface area (Å²) >= 11 is 0. The Morgan fingerprint density at radius 1 is 1.33 bits per heavy atom. The summed E-state index contributed by atoms with van der Waals surface area (Å²) in [5, 5.41) is 0.675. The number of fused-ring (bicyclic) bond motifs is 1. The molecule has 0 aliphatic rings. The van der Waals surface area contributed by atoms with E-state index in [0.29, 0.717) is 18.6 Å². The monoisotopic (exact) mass is 207 g/mol. The van der Waals surface area contributed by atoms with E-state index < -0.39 is 0 Å². The zero-order valence-corrected chi connectivity index (χ0v) is 8.74. The van der Waals surface area contributed by atoms with Gasteiger partial charge in [-0.15, -0.1) is 0 Å². The van der Waals surface area contributed by atoms with Crippen molar-refractivity contribution in [2.45, 2.75) is 13.5 Å². The first-order chi connectivity index (χ1) is 7.33. The van der Waals surface area contributed by atoms with Crippen molar-refractivity contribution in [2.75, 3.05) is 13.2 Å².